The number of methoxy groups -OCH3 is 1. The first-order valence-electron chi connectivity index (χ1n) is 6.91. The van der Waals surface area contributed by atoms with Gasteiger partial charge in [0.2, 0.25) is 0 Å². The molecule has 0 radical (unpaired) electrons. The molecule has 0 aromatic heterocycles. The van der Waals surface area contributed by atoms with Crippen LogP contribution in [0.2, 0.25) is 5.02 Å². The lowest BCUT2D eigenvalue weighted by molar-refractivity contribution is 0.414. The van der Waals surface area contributed by atoms with E-state index in [-0.39, 0.29) is 6.04 Å². The second-order valence-corrected chi connectivity index (χ2v) is 5.88. The summed E-state index contributed by atoms with van der Waals surface area (Å²) in [4.78, 5) is 1.26. The molecule has 0 spiro atoms. The topological polar surface area (TPSA) is 21.3 Å². The molecule has 1 atom stereocenters. The van der Waals surface area contributed by atoms with Gasteiger partial charge in [0.15, 0.2) is 0 Å². The molecule has 0 heterocycles. The molecule has 2 aromatic carbocycles. The molecule has 112 valence electrons. The fourth-order valence-electron chi connectivity index (χ4n) is 2.37. The summed E-state index contributed by atoms with van der Waals surface area (Å²) in [7, 11) is 1.65. The number of halogens is 1. The normalized spacial score (nSPS) is 12.2. The molecule has 0 aliphatic rings. The molecule has 0 aliphatic heterocycles. The predicted octanol–water partition coefficient (Wildman–Crippen LogP) is 4.77. The van der Waals surface area contributed by atoms with Crippen LogP contribution in [0.3, 0.4) is 0 Å². The summed E-state index contributed by atoms with van der Waals surface area (Å²) in [6, 6.07) is 14.4. The van der Waals surface area contributed by atoms with Crippen molar-refractivity contribution in [1.82, 2.24) is 5.32 Å². The maximum atomic E-state index is 6.46. The van der Waals surface area contributed by atoms with Crippen molar-refractivity contribution in [2.24, 2.45) is 0 Å². The maximum Gasteiger partial charge on any atom is 0.120 e. The van der Waals surface area contributed by atoms with Gasteiger partial charge in [-0.2, -0.15) is 0 Å². The summed E-state index contributed by atoms with van der Waals surface area (Å²) in [5.74, 6) is 0.775. The lowest BCUT2D eigenvalue weighted by atomic mass is 9.98. The maximum absolute atomic E-state index is 6.46. The molecule has 2 rings (SSSR count). The van der Waals surface area contributed by atoms with Crippen LogP contribution < -0.4 is 10.1 Å². The third-order valence-corrected chi connectivity index (χ3v) is 4.52. The van der Waals surface area contributed by atoms with E-state index in [1.807, 2.05) is 18.2 Å². The zero-order chi connectivity index (χ0) is 15.2. The number of benzene rings is 2. The molecular weight excluding hydrogens is 302 g/mol. The Balaban J connectivity index is 2.48. The number of hydrogen-bond donors (Lipinski definition) is 1. The Morgan fingerprint density at radius 3 is 2.57 bits per heavy atom. The summed E-state index contributed by atoms with van der Waals surface area (Å²) in [5, 5.41) is 4.25. The number of hydrogen-bond acceptors (Lipinski definition) is 3. The summed E-state index contributed by atoms with van der Waals surface area (Å²) < 4.78 is 5.23. The van der Waals surface area contributed by atoms with Crippen molar-refractivity contribution in [3.8, 4) is 5.75 Å². The van der Waals surface area contributed by atoms with Gasteiger partial charge in [-0.15, -0.1) is 11.8 Å². The zero-order valence-electron chi connectivity index (χ0n) is 12.5. The summed E-state index contributed by atoms with van der Waals surface area (Å²) >= 11 is 8.21. The van der Waals surface area contributed by atoms with Crippen LogP contribution in [0.15, 0.2) is 47.4 Å². The molecule has 0 saturated carbocycles. The van der Waals surface area contributed by atoms with Gasteiger partial charge in [0.05, 0.1) is 13.2 Å². The monoisotopic (exact) mass is 321 g/mol. The summed E-state index contributed by atoms with van der Waals surface area (Å²) in [6.07, 6.45) is 2.09. The highest BCUT2D eigenvalue weighted by atomic mass is 35.5. The fraction of sp³-hybridized carbons (Fsp3) is 0.294. The zero-order valence-corrected chi connectivity index (χ0v) is 14.1. The lowest BCUT2D eigenvalue weighted by Crippen LogP contribution is -2.22. The van der Waals surface area contributed by atoms with E-state index in [9.17, 15) is 0 Å². The largest absolute Gasteiger partial charge is 0.497 e. The van der Waals surface area contributed by atoms with Crippen molar-refractivity contribution in [3.63, 3.8) is 0 Å². The van der Waals surface area contributed by atoms with Gasteiger partial charge < -0.3 is 10.1 Å². The predicted molar refractivity (Wildman–Crippen MR) is 91.7 cm³/mol. The summed E-state index contributed by atoms with van der Waals surface area (Å²) in [5.41, 5.74) is 2.32. The molecule has 2 nitrogen and oxygen atoms in total. The number of nitrogens with one attached hydrogen (secondary N) is 1. The Bertz CT molecular complexity index is 603. The molecule has 4 heteroatoms. The Kier molecular flexibility index (Phi) is 5.97. The van der Waals surface area contributed by atoms with Crippen LogP contribution >= 0.6 is 23.4 Å². The Hall–Kier alpha value is -1.16. The first-order chi connectivity index (χ1) is 10.2. The second kappa shape index (κ2) is 7.74. The van der Waals surface area contributed by atoms with Gasteiger partial charge in [0, 0.05) is 9.92 Å². The highest BCUT2D eigenvalue weighted by Crippen LogP contribution is 2.35. The van der Waals surface area contributed by atoms with Crippen LogP contribution in [0.5, 0.6) is 5.75 Å². The van der Waals surface area contributed by atoms with Crippen LogP contribution in [0.1, 0.15) is 24.1 Å². The summed E-state index contributed by atoms with van der Waals surface area (Å²) in [6.45, 7) is 2.97. The Morgan fingerprint density at radius 1 is 1.19 bits per heavy atom. The molecule has 0 bridgehead atoms. The van der Waals surface area contributed by atoms with E-state index < -0.39 is 0 Å². The van der Waals surface area contributed by atoms with Crippen LogP contribution in [0.4, 0.5) is 0 Å². The third kappa shape index (κ3) is 3.73. The minimum Gasteiger partial charge on any atom is -0.497 e. The van der Waals surface area contributed by atoms with Crippen LogP contribution in [-0.2, 0) is 0 Å². The van der Waals surface area contributed by atoms with E-state index >= 15 is 0 Å². The van der Waals surface area contributed by atoms with Crippen LogP contribution in [0.25, 0.3) is 0 Å². The van der Waals surface area contributed by atoms with E-state index in [1.54, 1.807) is 18.9 Å². The molecular formula is C17H20ClNOS. The molecule has 1 unspecified atom stereocenters. The number of ether oxygens (including phenoxy) is 1. The van der Waals surface area contributed by atoms with E-state index in [1.165, 1.54) is 10.5 Å². The van der Waals surface area contributed by atoms with Crippen molar-refractivity contribution < 1.29 is 4.74 Å². The fourth-order valence-corrected chi connectivity index (χ4v) is 3.28. The van der Waals surface area contributed by atoms with Crippen molar-refractivity contribution >= 4 is 23.4 Å². The van der Waals surface area contributed by atoms with Gasteiger partial charge in [0.25, 0.3) is 0 Å². The van der Waals surface area contributed by atoms with E-state index in [4.69, 9.17) is 16.3 Å². The third-order valence-electron chi connectivity index (χ3n) is 3.38. The van der Waals surface area contributed by atoms with Gasteiger partial charge in [-0.3, -0.25) is 0 Å². The van der Waals surface area contributed by atoms with E-state index in [0.29, 0.717) is 0 Å². The van der Waals surface area contributed by atoms with Gasteiger partial charge >= 0.3 is 0 Å². The highest BCUT2D eigenvalue weighted by molar-refractivity contribution is 7.98. The highest BCUT2D eigenvalue weighted by Gasteiger charge is 2.19. The first-order valence-corrected chi connectivity index (χ1v) is 8.51. The molecule has 21 heavy (non-hydrogen) atoms. The average Bonchev–Trinajstić information content (AvgIpc) is 2.53. The lowest BCUT2D eigenvalue weighted by Gasteiger charge is -2.22. The van der Waals surface area contributed by atoms with Crippen molar-refractivity contribution in [2.45, 2.75) is 17.9 Å². The SMILES string of the molecule is CCNC(c1ccc(OC)cc1Cl)c1ccccc1SC. The molecule has 0 fully saturated rings. The van der Waals surface area contributed by atoms with Crippen molar-refractivity contribution in [1.29, 1.82) is 0 Å². The second-order valence-electron chi connectivity index (χ2n) is 4.62. The van der Waals surface area contributed by atoms with E-state index in [2.05, 4.69) is 42.8 Å². The number of thioether (sulfide) groups is 1. The minimum absolute atomic E-state index is 0.0806. The molecule has 0 amide bonds. The average molecular weight is 322 g/mol. The van der Waals surface area contributed by atoms with Gasteiger partial charge in [-0.1, -0.05) is 42.8 Å². The molecule has 2 aromatic rings. The Labute approximate surface area is 135 Å². The smallest absolute Gasteiger partial charge is 0.120 e. The van der Waals surface area contributed by atoms with Gasteiger partial charge in [-0.05, 0) is 42.1 Å². The van der Waals surface area contributed by atoms with Crippen LogP contribution in [0, 0.1) is 0 Å². The van der Waals surface area contributed by atoms with E-state index in [0.717, 1.165) is 22.9 Å². The number of rotatable bonds is 6. The van der Waals surface area contributed by atoms with Crippen molar-refractivity contribution in [2.75, 3.05) is 19.9 Å². The quantitative estimate of drug-likeness (QED) is 0.774. The molecule has 1 N–H and O–H groups in total. The van der Waals surface area contributed by atoms with Crippen LogP contribution in [-0.4, -0.2) is 19.9 Å². The van der Waals surface area contributed by atoms with Gasteiger partial charge in [-0.25, -0.2) is 0 Å². The molecule has 0 saturated heterocycles. The van der Waals surface area contributed by atoms with Crippen molar-refractivity contribution in [3.05, 3.63) is 58.6 Å². The first kappa shape index (κ1) is 16.2. The van der Waals surface area contributed by atoms with Gasteiger partial charge in [0.1, 0.15) is 5.75 Å². The molecule has 0 aliphatic carbocycles. The Morgan fingerprint density at radius 2 is 1.95 bits per heavy atom. The minimum atomic E-state index is 0.0806. The standard InChI is InChI=1S/C17H20ClNOS/c1-4-19-17(14-7-5-6-8-16(14)21-3)13-10-9-12(20-2)11-15(13)18/h5-11,17,19H,4H2,1-3H3.